The predicted molar refractivity (Wildman–Crippen MR) is 143 cm³/mol. The Morgan fingerprint density at radius 1 is 0.750 bits per heavy atom. The zero-order valence-electron chi connectivity index (χ0n) is 20.4. The molecule has 4 nitrogen and oxygen atoms in total. The number of nitrogens with one attached hydrogen (secondary N) is 1. The number of ether oxygens (including phenoxy) is 1. The summed E-state index contributed by atoms with van der Waals surface area (Å²) in [6.07, 6.45) is -0.306. The highest BCUT2D eigenvalue weighted by atomic mass is 16.5. The smallest absolute Gasteiger partial charge is 0.193 e. The lowest BCUT2D eigenvalue weighted by molar-refractivity contribution is -0.0581. The molecule has 36 heavy (non-hydrogen) atoms. The number of para-hydroxylation sites is 2. The maximum absolute atomic E-state index is 14.8. The number of carbonyl (C=O) groups excluding carboxylic acids is 1. The number of hydrogen-bond acceptors (Lipinski definition) is 4. The SMILES string of the molecule is COC1c2ccccc2NC12C(c1ccccc1)C(c1ccccc1)C21C(=O)c2ccccc2N1C. The van der Waals surface area contributed by atoms with Crippen molar-refractivity contribution in [1.29, 1.82) is 0 Å². The minimum Gasteiger partial charge on any atom is -0.374 e. The number of benzene rings is 4. The van der Waals surface area contributed by atoms with Crippen LogP contribution in [0.2, 0.25) is 0 Å². The number of nitrogens with zero attached hydrogens (tertiary/aromatic N) is 1. The molecule has 178 valence electrons. The zero-order valence-corrected chi connectivity index (χ0v) is 20.4. The Morgan fingerprint density at radius 3 is 2.00 bits per heavy atom. The third-order valence-corrected chi connectivity index (χ3v) is 8.84. The van der Waals surface area contributed by atoms with Gasteiger partial charge in [0.05, 0.1) is 0 Å². The third-order valence-electron chi connectivity index (χ3n) is 8.84. The molecule has 4 aromatic rings. The van der Waals surface area contributed by atoms with Gasteiger partial charge in [-0.3, -0.25) is 4.79 Å². The fourth-order valence-electron chi connectivity index (χ4n) is 7.65. The van der Waals surface area contributed by atoms with Crippen LogP contribution in [-0.2, 0) is 4.74 Å². The van der Waals surface area contributed by atoms with Gasteiger partial charge in [0.1, 0.15) is 17.2 Å². The molecular weight excluding hydrogens is 444 g/mol. The fourth-order valence-corrected chi connectivity index (χ4v) is 7.65. The Kier molecular flexibility index (Phi) is 4.49. The number of Topliss-reactive ketones (excluding diaryl/α,β-unsaturated/α-hetero) is 1. The van der Waals surface area contributed by atoms with Crippen LogP contribution in [0.1, 0.15) is 45.0 Å². The third kappa shape index (κ3) is 2.35. The van der Waals surface area contributed by atoms with Crippen molar-refractivity contribution in [3.05, 3.63) is 131 Å². The molecule has 2 heterocycles. The quantitative estimate of drug-likeness (QED) is 0.386. The summed E-state index contributed by atoms with van der Waals surface area (Å²) in [6, 6.07) is 37.5. The lowest BCUT2D eigenvalue weighted by atomic mass is 9.40. The first-order chi connectivity index (χ1) is 17.7. The molecule has 0 saturated heterocycles. The van der Waals surface area contributed by atoms with E-state index < -0.39 is 11.1 Å². The number of hydrogen-bond donors (Lipinski definition) is 1. The summed E-state index contributed by atoms with van der Waals surface area (Å²) in [5.74, 6) is 0.0774. The van der Waals surface area contributed by atoms with Gasteiger partial charge in [-0.1, -0.05) is 91.0 Å². The minimum atomic E-state index is -0.877. The van der Waals surface area contributed by atoms with Crippen molar-refractivity contribution >= 4 is 17.2 Å². The lowest BCUT2D eigenvalue weighted by Gasteiger charge is -2.69. The molecule has 0 radical (unpaired) electrons. The number of carbonyl (C=O) groups is 1. The number of rotatable bonds is 3. The van der Waals surface area contributed by atoms with Crippen LogP contribution in [0, 0.1) is 0 Å². The number of fused-ring (bicyclic) bond motifs is 3. The topological polar surface area (TPSA) is 41.6 Å². The van der Waals surface area contributed by atoms with Gasteiger partial charge in [0.15, 0.2) is 5.78 Å². The summed E-state index contributed by atoms with van der Waals surface area (Å²) in [4.78, 5) is 17.1. The molecule has 0 bridgehead atoms. The van der Waals surface area contributed by atoms with E-state index in [9.17, 15) is 4.79 Å². The number of methoxy groups -OCH3 is 1. The van der Waals surface area contributed by atoms with Crippen LogP contribution < -0.4 is 10.2 Å². The van der Waals surface area contributed by atoms with Crippen LogP contribution in [0.4, 0.5) is 11.4 Å². The molecule has 5 atom stereocenters. The number of likely N-dealkylation sites (N-methyl/N-ethyl adjacent to an activating group) is 1. The van der Waals surface area contributed by atoms with E-state index in [1.807, 2.05) is 30.3 Å². The van der Waals surface area contributed by atoms with Gasteiger partial charge in [0.2, 0.25) is 0 Å². The largest absolute Gasteiger partial charge is 0.374 e. The maximum Gasteiger partial charge on any atom is 0.193 e. The Balaban J connectivity index is 1.56. The van der Waals surface area contributed by atoms with Crippen LogP contribution in [0.25, 0.3) is 0 Å². The second-order valence-electron chi connectivity index (χ2n) is 10.1. The molecule has 7 rings (SSSR count). The summed E-state index contributed by atoms with van der Waals surface area (Å²) in [5, 5.41) is 3.94. The molecule has 0 amide bonds. The molecule has 1 saturated carbocycles. The van der Waals surface area contributed by atoms with Crippen LogP contribution in [0.3, 0.4) is 0 Å². The Labute approximate surface area is 211 Å². The van der Waals surface area contributed by atoms with Gasteiger partial charge in [0.25, 0.3) is 0 Å². The second-order valence-corrected chi connectivity index (χ2v) is 10.1. The van der Waals surface area contributed by atoms with Gasteiger partial charge in [0, 0.05) is 48.5 Å². The predicted octanol–water partition coefficient (Wildman–Crippen LogP) is 6.19. The first kappa shape index (κ1) is 21.4. The van der Waals surface area contributed by atoms with Gasteiger partial charge >= 0.3 is 0 Å². The van der Waals surface area contributed by atoms with Gasteiger partial charge < -0.3 is 15.0 Å². The van der Waals surface area contributed by atoms with E-state index in [1.54, 1.807) is 7.11 Å². The highest BCUT2D eigenvalue weighted by molar-refractivity contribution is 6.18. The summed E-state index contributed by atoms with van der Waals surface area (Å²) in [7, 11) is 3.86. The first-order valence-electron chi connectivity index (χ1n) is 12.5. The highest BCUT2D eigenvalue weighted by Crippen LogP contribution is 2.74. The van der Waals surface area contributed by atoms with Crippen molar-refractivity contribution in [2.75, 3.05) is 24.4 Å². The fraction of sp³-hybridized carbons (Fsp3) is 0.219. The molecule has 5 unspecified atom stereocenters. The lowest BCUT2D eigenvalue weighted by Crippen LogP contribution is -2.84. The highest BCUT2D eigenvalue weighted by Gasteiger charge is 2.83. The number of ketones is 1. The van der Waals surface area contributed by atoms with Gasteiger partial charge in [-0.2, -0.15) is 0 Å². The van der Waals surface area contributed by atoms with Crippen molar-refractivity contribution < 1.29 is 9.53 Å². The van der Waals surface area contributed by atoms with E-state index in [0.29, 0.717) is 0 Å². The Morgan fingerprint density at radius 2 is 1.33 bits per heavy atom. The standard InChI is InChI=1S/C32H28N2O2/c1-34-26-20-12-10-18-24(26)29(35)32(34)28(22-15-7-4-8-16-22)27(21-13-5-3-6-14-21)31(32)30(36-2)23-17-9-11-19-25(23)33-31/h3-20,27-28,30,33H,1-2H3. The number of anilines is 2. The molecule has 2 aliphatic heterocycles. The van der Waals surface area contributed by atoms with Crippen molar-refractivity contribution in [2.45, 2.75) is 29.0 Å². The van der Waals surface area contributed by atoms with E-state index in [2.05, 4.69) is 96.1 Å². The van der Waals surface area contributed by atoms with Crippen molar-refractivity contribution in [3.63, 3.8) is 0 Å². The average molecular weight is 473 g/mol. The van der Waals surface area contributed by atoms with Gasteiger partial charge in [-0.15, -0.1) is 0 Å². The second kappa shape index (κ2) is 7.55. The molecule has 1 N–H and O–H groups in total. The minimum absolute atomic E-state index is 0.000776. The van der Waals surface area contributed by atoms with Crippen LogP contribution >= 0.6 is 0 Å². The first-order valence-corrected chi connectivity index (χ1v) is 12.5. The van der Waals surface area contributed by atoms with Crippen LogP contribution in [-0.4, -0.2) is 31.0 Å². The molecule has 4 aromatic carbocycles. The monoisotopic (exact) mass is 472 g/mol. The van der Waals surface area contributed by atoms with E-state index >= 15 is 0 Å². The van der Waals surface area contributed by atoms with Crippen LogP contribution in [0.5, 0.6) is 0 Å². The zero-order chi connectivity index (χ0) is 24.5. The van der Waals surface area contributed by atoms with Crippen molar-refractivity contribution in [2.24, 2.45) is 0 Å². The maximum atomic E-state index is 14.8. The van der Waals surface area contributed by atoms with E-state index in [-0.39, 0.29) is 23.7 Å². The molecule has 0 aromatic heterocycles. The summed E-state index contributed by atoms with van der Waals surface area (Å²) in [5.41, 5.74) is 4.67. The summed E-state index contributed by atoms with van der Waals surface area (Å²) >= 11 is 0. The van der Waals surface area contributed by atoms with Gasteiger partial charge in [-0.05, 0) is 29.3 Å². The molecule has 1 fully saturated rings. The molecule has 2 spiro atoms. The molecule has 3 aliphatic rings. The van der Waals surface area contributed by atoms with E-state index in [1.165, 1.54) is 5.56 Å². The van der Waals surface area contributed by atoms with Gasteiger partial charge in [-0.25, -0.2) is 0 Å². The van der Waals surface area contributed by atoms with Crippen molar-refractivity contribution in [3.8, 4) is 0 Å². The van der Waals surface area contributed by atoms with Crippen molar-refractivity contribution in [1.82, 2.24) is 0 Å². The van der Waals surface area contributed by atoms with Crippen LogP contribution in [0.15, 0.2) is 109 Å². The van der Waals surface area contributed by atoms with E-state index in [4.69, 9.17) is 4.74 Å². The average Bonchev–Trinajstić information content (AvgIpc) is 3.40. The molecule has 1 aliphatic carbocycles. The Bertz CT molecular complexity index is 1470. The summed E-state index contributed by atoms with van der Waals surface area (Å²) < 4.78 is 6.37. The Hall–Kier alpha value is -3.89. The summed E-state index contributed by atoms with van der Waals surface area (Å²) in [6.45, 7) is 0. The molecule has 4 heteroatoms. The molecular formula is C32H28N2O2. The normalized spacial score (nSPS) is 29.7. The van der Waals surface area contributed by atoms with E-state index in [0.717, 1.165) is 28.1 Å².